The molecule has 0 fully saturated rings. The van der Waals surface area contributed by atoms with Crippen LogP contribution in [-0.4, -0.2) is 44.3 Å². The van der Waals surface area contributed by atoms with Crippen molar-refractivity contribution in [2.24, 2.45) is 0 Å². The molecule has 0 bridgehead atoms. The van der Waals surface area contributed by atoms with Gasteiger partial charge in [-0.05, 0) is 0 Å². The van der Waals surface area contributed by atoms with E-state index in [-0.39, 0.29) is 6.42 Å². The van der Waals surface area contributed by atoms with Crippen LogP contribution in [0.4, 0.5) is 0 Å². The molecule has 0 aromatic rings. The summed E-state index contributed by atoms with van der Waals surface area (Å²) in [6.45, 7) is 0. The molecule has 116 valence electrons. The standard InChI is InChI=1S/C11H12O9S/c12-7(13)1-3-9(16)20-6(11(18)19)5-21-10(17)4-2-8(14)15/h5H,1-4H2,(H,12,13)(H,14,15)(H,18,19)/b6-5-. The molecule has 3 N–H and O–H groups in total. The van der Waals surface area contributed by atoms with Gasteiger partial charge in [-0.25, -0.2) is 4.79 Å². The van der Waals surface area contributed by atoms with Gasteiger partial charge >= 0.3 is 23.9 Å². The van der Waals surface area contributed by atoms with Crippen LogP contribution >= 0.6 is 11.8 Å². The Balaban J connectivity index is 4.46. The van der Waals surface area contributed by atoms with Crippen molar-refractivity contribution in [1.29, 1.82) is 0 Å². The van der Waals surface area contributed by atoms with Crippen molar-refractivity contribution in [1.82, 2.24) is 0 Å². The van der Waals surface area contributed by atoms with Gasteiger partial charge in [-0.15, -0.1) is 0 Å². The number of hydrogen-bond acceptors (Lipinski definition) is 7. The Morgan fingerprint density at radius 2 is 1.38 bits per heavy atom. The van der Waals surface area contributed by atoms with Gasteiger partial charge in [0.1, 0.15) is 0 Å². The molecular weight excluding hydrogens is 308 g/mol. The lowest BCUT2D eigenvalue weighted by atomic mass is 10.3. The zero-order chi connectivity index (χ0) is 16.4. The molecule has 0 spiro atoms. The van der Waals surface area contributed by atoms with E-state index in [9.17, 15) is 24.0 Å². The number of aliphatic carboxylic acids is 3. The van der Waals surface area contributed by atoms with Gasteiger partial charge in [-0.3, -0.25) is 19.2 Å². The normalized spacial score (nSPS) is 10.8. The molecule has 0 heterocycles. The number of thioether (sulfide) groups is 1. The van der Waals surface area contributed by atoms with Gasteiger partial charge in [0.15, 0.2) is 5.12 Å². The second-order valence-corrected chi connectivity index (χ2v) is 4.47. The summed E-state index contributed by atoms with van der Waals surface area (Å²) in [5.74, 6) is -5.93. The summed E-state index contributed by atoms with van der Waals surface area (Å²) >= 11 is 0.383. The fourth-order valence-electron chi connectivity index (χ4n) is 0.888. The third-order valence-electron chi connectivity index (χ3n) is 1.82. The van der Waals surface area contributed by atoms with Crippen molar-refractivity contribution in [3.63, 3.8) is 0 Å². The summed E-state index contributed by atoms with van der Waals surface area (Å²) in [7, 11) is 0. The van der Waals surface area contributed by atoms with Gasteiger partial charge in [0, 0.05) is 11.8 Å². The molecule has 9 nitrogen and oxygen atoms in total. The highest BCUT2D eigenvalue weighted by Crippen LogP contribution is 2.14. The Morgan fingerprint density at radius 1 is 0.857 bits per heavy atom. The van der Waals surface area contributed by atoms with Gasteiger partial charge in [0.05, 0.1) is 19.3 Å². The zero-order valence-corrected chi connectivity index (χ0v) is 11.4. The highest BCUT2D eigenvalue weighted by Gasteiger charge is 2.16. The zero-order valence-electron chi connectivity index (χ0n) is 10.6. The van der Waals surface area contributed by atoms with Gasteiger partial charge < -0.3 is 20.1 Å². The van der Waals surface area contributed by atoms with Gasteiger partial charge in [-0.1, -0.05) is 11.8 Å². The van der Waals surface area contributed by atoms with Crippen LogP contribution < -0.4 is 0 Å². The van der Waals surface area contributed by atoms with E-state index in [1.807, 2.05) is 0 Å². The van der Waals surface area contributed by atoms with Crippen molar-refractivity contribution >= 4 is 40.8 Å². The van der Waals surface area contributed by atoms with Crippen molar-refractivity contribution in [2.45, 2.75) is 25.7 Å². The number of ether oxygens (including phenoxy) is 1. The minimum atomic E-state index is -1.61. The minimum Gasteiger partial charge on any atom is -0.481 e. The second-order valence-electron chi connectivity index (χ2n) is 3.54. The molecule has 0 aliphatic rings. The smallest absolute Gasteiger partial charge is 0.372 e. The first kappa shape index (κ1) is 18.6. The molecule has 0 unspecified atom stereocenters. The van der Waals surface area contributed by atoms with Crippen molar-refractivity contribution in [3.05, 3.63) is 11.2 Å². The molecule has 0 radical (unpaired) electrons. The van der Waals surface area contributed by atoms with Gasteiger partial charge in [0.25, 0.3) is 0 Å². The lowest BCUT2D eigenvalue weighted by Gasteiger charge is -2.03. The Labute approximate surface area is 122 Å². The average molecular weight is 320 g/mol. The van der Waals surface area contributed by atoms with E-state index in [2.05, 4.69) is 4.74 Å². The molecule has 0 aromatic heterocycles. The number of hydrogen-bond donors (Lipinski definition) is 3. The van der Waals surface area contributed by atoms with Crippen molar-refractivity contribution in [2.75, 3.05) is 0 Å². The van der Waals surface area contributed by atoms with Crippen LogP contribution in [0.1, 0.15) is 25.7 Å². The molecule has 0 aromatic carbocycles. The van der Waals surface area contributed by atoms with E-state index in [0.717, 1.165) is 5.41 Å². The van der Waals surface area contributed by atoms with E-state index < -0.39 is 54.0 Å². The van der Waals surface area contributed by atoms with E-state index in [4.69, 9.17) is 15.3 Å². The Morgan fingerprint density at radius 3 is 1.86 bits per heavy atom. The van der Waals surface area contributed by atoms with Crippen LogP contribution in [0.2, 0.25) is 0 Å². The van der Waals surface area contributed by atoms with Gasteiger partial charge in [0.2, 0.25) is 5.76 Å². The molecule has 0 aliphatic heterocycles. The van der Waals surface area contributed by atoms with E-state index in [1.165, 1.54) is 0 Å². The first-order valence-corrected chi connectivity index (χ1v) is 6.37. The van der Waals surface area contributed by atoms with E-state index in [0.29, 0.717) is 11.8 Å². The predicted octanol–water partition coefficient (Wildman–Crippen LogP) is 0.445. The number of carbonyl (C=O) groups excluding carboxylic acids is 2. The summed E-state index contributed by atoms with van der Waals surface area (Å²) in [4.78, 5) is 53.6. The monoisotopic (exact) mass is 320 g/mol. The predicted molar refractivity (Wildman–Crippen MR) is 68.1 cm³/mol. The Hall–Kier alpha value is -2.36. The first-order valence-electron chi connectivity index (χ1n) is 5.49. The Bertz CT molecular complexity index is 480. The summed E-state index contributed by atoms with van der Waals surface area (Å²) < 4.78 is 4.41. The fourth-order valence-corrected chi connectivity index (χ4v) is 1.50. The van der Waals surface area contributed by atoms with Crippen LogP contribution in [-0.2, 0) is 28.7 Å². The maximum Gasteiger partial charge on any atom is 0.372 e. The van der Waals surface area contributed by atoms with Crippen LogP contribution in [0.5, 0.6) is 0 Å². The van der Waals surface area contributed by atoms with Crippen LogP contribution in [0, 0.1) is 0 Å². The first-order chi connectivity index (χ1) is 9.72. The highest BCUT2D eigenvalue weighted by atomic mass is 32.2. The molecule has 0 saturated carbocycles. The molecule has 0 atom stereocenters. The van der Waals surface area contributed by atoms with Crippen LogP contribution in [0.3, 0.4) is 0 Å². The fraction of sp³-hybridized carbons (Fsp3) is 0.364. The maximum absolute atomic E-state index is 11.2. The van der Waals surface area contributed by atoms with Crippen LogP contribution in [0.25, 0.3) is 0 Å². The Kier molecular flexibility index (Phi) is 8.46. The summed E-state index contributed by atoms with van der Waals surface area (Å²) in [6.07, 6.45) is -1.75. The third-order valence-corrected chi connectivity index (χ3v) is 2.62. The van der Waals surface area contributed by atoms with Crippen molar-refractivity contribution in [3.8, 4) is 0 Å². The number of carboxylic acids is 3. The lowest BCUT2D eigenvalue weighted by Crippen LogP contribution is -2.12. The largest absolute Gasteiger partial charge is 0.481 e. The minimum absolute atomic E-state index is 0.309. The molecule has 21 heavy (non-hydrogen) atoms. The maximum atomic E-state index is 11.2. The van der Waals surface area contributed by atoms with E-state index in [1.54, 1.807) is 0 Å². The number of carbonyl (C=O) groups is 5. The molecular formula is C11H12O9S. The summed E-state index contributed by atoms with van der Waals surface area (Å²) in [6, 6.07) is 0. The van der Waals surface area contributed by atoms with E-state index >= 15 is 0 Å². The number of esters is 1. The summed E-state index contributed by atoms with van der Waals surface area (Å²) in [5.41, 5.74) is 0. The average Bonchev–Trinajstić information content (AvgIpc) is 2.38. The number of rotatable bonds is 9. The molecule has 10 heteroatoms. The van der Waals surface area contributed by atoms with Crippen molar-refractivity contribution < 1.29 is 44.0 Å². The molecule has 0 saturated heterocycles. The second kappa shape index (κ2) is 9.53. The molecule has 0 amide bonds. The molecule has 0 rings (SSSR count). The molecule has 0 aliphatic carbocycles. The SMILES string of the molecule is O=C(O)CCC(=O)O/C(=C\SC(=O)CCC(=O)O)C(=O)O. The van der Waals surface area contributed by atoms with Gasteiger partial charge in [-0.2, -0.15) is 0 Å². The number of carboxylic acid groups (broad SMARTS) is 3. The third kappa shape index (κ3) is 10.1. The topological polar surface area (TPSA) is 155 Å². The highest BCUT2D eigenvalue weighted by molar-refractivity contribution is 8.16. The lowest BCUT2D eigenvalue weighted by molar-refractivity contribution is -0.149. The van der Waals surface area contributed by atoms with Crippen LogP contribution in [0.15, 0.2) is 11.2 Å². The summed E-state index contributed by atoms with van der Waals surface area (Å²) in [5, 5.41) is 25.6. The quantitative estimate of drug-likeness (QED) is 0.309.